The second kappa shape index (κ2) is 7.91. The van der Waals surface area contributed by atoms with Crippen LogP contribution in [-0.4, -0.2) is 22.5 Å². The third-order valence-electron chi connectivity index (χ3n) is 4.31. The van der Waals surface area contributed by atoms with Crippen LogP contribution in [0, 0.1) is 0 Å². The minimum Gasteiger partial charge on any atom is -0.287 e. The molecule has 0 N–H and O–H groups in total. The van der Waals surface area contributed by atoms with Crippen molar-refractivity contribution in [2.45, 2.75) is 33.1 Å². The topological polar surface area (TPSA) is 32.7 Å². The molecule has 0 unspecified atom stereocenters. The molecule has 1 saturated heterocycles. The number of halogens is 1. The number of aliphatic imine (C=N–C) groups is 1. The van der Waals surface area contributed by atoms with Gasteiger partial charge in [-0.05, 0) is 59.5 Å². The maximum atomic E-state index is 12.8. The molecule has 0 atom stereocenters. The number of amides is 1. The molecule has 0 spiro atoms. The molecule has 140 valence electrons. The summed E-state index contributed by atoms with van der Waals surface area (Å²) >= 11 is 7.44. The minimum absolute atomic E-state index is 0.0109. The van der Waals surface area contributed by atoms with Crippen LogP contribution in [0.1, 0.15) is 38.8 Å². The van der Waals surface area contributed by atoms with Crippen LogP contribution in [0.15, 0.2) is 58.4 Å². The number of benzene rings is 2. The lowest BCUT2D eigenvalue weighted by Crippen LogP contribution is -2.28. The Hall–Kier alpha value is -2.04. The van der Waals surface area contributed by atoms with E-state index in [9.17, 15) is 4.79 Å². The van der Waals surface area contributed by atoms with Crippen molar-refractivity contribution in [1.82, 2.24) is 4.90 Å². The molecular formula is C22H23ClN2OS. The van der Waals surface area contributed by atoms with E-state index >= 15 is 0 Å². The van der Waals surface area contributed by atoms with E-state index in [2.05, 4.69) is 50.0 Å². The predicted molar refractivity (Wildman–Crippen MR) is 117 cm³/mol. The van der Waals surface area contributed by atoms with Crippen LogP contribution in [0.3, 0.4) is 0 Å². The monoisotopic (exact) mass is 398 g/mol. The molecule has 5 heteroatoms. The minimum atomic E-state index is -0.0109. The summed E-state index contributed by atoms with van der Waals surface area (Å²) in [6.45, 7) is 9.09. The lowest BCUT2D eigenvalue weighted by molar-refractivity contribution is -0.122. The molecule has 2 aromatic rings. The first kappa shape index (κ1) is 19.7. The van der Waals surface area contributed by atoms with E-state index in [4.69, 9.17) is 11.6 Å². The van der Waals surface area contributed by atoms with Gasteiger partial charge in [0.15, 0.2) is 5.17 Å². The Morgan fingerprint density at radius 2 is 1.85 bits per heavy atom. The van der Waals surface area contributed by atoms with E-state index < -0.39 is 0 Å². The van der Waals surface area contributed by atoms with Gasteiger partial charge in [-0.25, -0.2) is 4.99 Å². The molecular weight excluding hydrogens is 376 g/mol. The molecule has 1 fully saturated rings. The second-order valence-corrected chi connectivity index (χ2v) is 8.85. The highest BCUT2D eigenvalue weighted by Crippen LogP contribution is 2.34. The van der Waals surface area contributed by atoms with Crippen molar-refractivity contribution in [3.05, 3.63) is 69.6 Å². The molecule has 1 aliphatic rings. The molecule has 0 radical (unpaired) electrons. The van der Waals surface area contributed by atoms with Crippen molar-refractivity contribution in [1.29, 1.82) is 0 Å². The summed E-state index contributed by atoms with van der Waals surface area (Å²) in [5, 5.41) is 1.31. The highest BCUT2D eigenvalue weighted by atomic mass is 35.5. The third kappa shape index (κ3) is 4.63. The number of carbonyl (C=O) groups is 1. The number of rotatable bonds is 3. The fourth-order valence-corrected chi connectivity index (χ4v) is 4.00. The van der Waals surface area contributed by atoms with Crippen LogP contribution >= 0.6 is 23.4 Å². The Kier molecular flexibility index (Phi) is 5.78. The number of hydrogen-bond donors (Lipinski definition) is 0. The Morgan fingerprint density at radius 3 is 2.44 bits per heavy atom. The van der Waals surface area contributed by atoms with Crippen molar-refractivity contribution in [3.8, 4) is 0 Å². The Balaban J connectivity index is 1.89. The number of likely N-dealkylation sites (N-methyl/N-ethyl adjacent to an activating group) is 1. The molecule has 1 amide bonds. The summed E-state index contributed by atoms with van der Waals surface area (Å²) in [4.78, 5) is 19.8. The maximum absolute atomic E-state index is 12.8. The van der Waals surface area contributed by atoms with Crippen LogP contribution in [0.4, 0.5) is 5.69 Å². The highest BCUT2D eigenvalue weighted by molar-refractivity contribution is 8.18. The summed E-state index contributed by atoms with van der Waals surface area (Å²) in [5.74, 6) is -0.0109. The molecule has 27 heavy (non-hydrogen) atoms. The Labute approximate surface area is 170 Å². The smallest absolute Gasteiger partial charge is 0.266 e. The number of hydrogen-bond acceptors (Lipinski definition) is 3. The fourth-order valence-electron chi connectivity index (χ4n) is 2.76. The van der Waals surface area contributed by atoms with Crippen LogP contribution in [0.5, 0.6) is 0 Å². The molecule has 0 saturated carbocycles. The van der Waals surface area contributed by atoms with Gasteiger partial charge in [-0.3, -0.25) is 9.69 Å². The molecule has 2 aromatic carbocycles. The van der Waals surface area contributed by atoms with Gasteiger partial charge in [0.1, 0.15) is 0 Å². The molecule has 0 bridgehead atoms. The van der Waals surface area contributed by atoms with E-state index in [0.717, 1.165) is 11.3 Å². The average molecular weight is 399 g/mol. The Morgan fingerprint density at radius 1 is 1.15 bits per heavy atom. The maximum Gasteiger partial charge on any atom is 0.266 e. The summed E-state index contributed by atoms with van der Waals surface area (Å²) in [7, 11) is 0. The van der Waals surface area contributed by atoms with Gasteiger partial charge < -0.3 is 0 Å². The first-order valence-corrected chi connectivity index (χ1v) is 10.1. The summed E-state index contributed by atoms with van der Waals surface area (Å²) in [5.41, 5.74) is 3.14. The SMILES string of the molecule is CCN1C(=O)/C(=C/c2ccc(C(C)(C)C)cc2)SC1=Nc1cccc(Cl)c1. The third-order valence-corrected chi connectivity index (χ3v) is 5.55. The number of carbonyl (C=O) groups excluding carboxylic acids is 1. The first-order chi connectivity index (χ1) is 12.8. The Bertz CT molecular complexity index is 911. The summed E-state index contributed by atoms with van der Waals surface area (Å²) in [6, 6.07) is 15.7. The van der Waals surface area contributed by atoms with Gasteiger partial charge in [0.2, 0.25) is 0 Å². The molecule has 0 aliphatic carbocycles. The van der Waals surface area contributed by atoms with Crippen molar-refractivity contribution < 1.29 is 4.79 Å². The van der Waals surface area contributed by atoms with Crippen LogP contribution in [0.25, 0.3) is 6.08 Å². The van der Waals surface area contributed by atoms with E-state index in [1.165, 1.54) is 17.3 Å². The summed E-state index contributed by atoms with van der Waals surface area (Å²) in [6.07, 6.45) is 1.93. The molecule has 1 heterocycles. The number of amidine groups is 1. The van der Waals surface area contributed by atoms with E-state index in [0.29, 0.717) is 21.6 Å². The van der Waals surface area contributed by atoms with Crippen molar-refractivity contribution >= 4 is 46.2 Å². The van der Waals surface area contributed by atoms with Crippen molar-refractivity contribution in [2.75, 3.05) is 6.54 Å². The molecule has 0 aromatic heterocycles. The lowest BCUT2D eigenvalue weighted by atomic mass is 9.87. The first-order valence-electron chi connectivity index (χ1n) is 8.94. The van der Waals surface area contributed by atoms with Gasteiger partial charge in [0.25, 0.3) is 5.91 Å². The van der Waals surface area contributed by atoms with Gasteiger partial charge in [0, 0.05) is 11.6 Å². The van der Waals surface area contributed by atoms with Gasteiger partial charge in [0.05, 0.1) is 10.6 Å². The van der Waals surface area contributed by atoms with E-state index in [1.807, 2.05) is 31.2 Å². The van der Waals surface area contributed by atoms with Crippen molar-refractivity contribution in [2.24, 2.45) is 4.99 Å². The fraction of sp³-hybridized carbons (Fsp3) is 0.273. The molecule has 1 aliphatic heterocycles. The van der Waals surface area contributed by atoms with Gasteiger partial charge in [-0.2, -0.15) is 0 Å². The van der Waals surface area contributed by atoms with Crippen molar-refractivity contribution in [3.63, 3.8) is 0 Å². The zero-order valence-corrected chi connectivity index (χ0v) is 17.6. The van der Waals surface area contributed by atoms with Crippen LogP contribution < -0.4 is 0 Å². The highest BCUT2D eigenvalue weighted by Gasteiger charge is 2.32. The normalized spacial score (nSPS) is 18.0. The quantitative estimate of drug-likeness (QED) is 0.571. The second-order valence-electron chi connectivity index (χ2n) is 7.41. The van der Waals surface area contributed by atoms with Gasteiger partial charge in [-0.1, -0.05) is 62.7 Å². The zero-order valence-electron chi connectivity index (χ0n) is 16.0. The lowest BCUT2D eigenvalue weighted by Gasteiger charge is -2.18. The van der Waals surface area contributed by atoms with Crippen LogP contribution in [0.2, 0.25) is 5.02 Å². The average Bonchev–Trinajstić information content (AvgIpc) is 2.89. The standard InChI is InChI=1S/C22H23ClN2OS/c1-5-25-20(26)19(13-15-9-11-16(12-10-15)22(2,3)4)27-21(25)24-18-8-6-7-17(23)14-18/h6-14H,5H2,1-4H3/b19-13-,24-21?. The predicted octanol–water partition coefficient (Wildman–Crippen LogP) is 6.26. The van der Waals surface area contributed by atoms with Gasteiger partial charge in [-0.15, -0.1) is 0 Å². The van der Waals surface area contributed by atoms with Crippen LogP contribution in [-0.2, 0) is 10.2 Å². The number of thioether (sulfide) groups is 1. The zero-order chi connectivity index (χ0) is 19.6. The molecule has 3 rings (SSSR count). The number of nitrogens with zero attached hydrogens (tertiary/aromatic N) is 2. The van der Waals surface area contributed by atoms with Gasteiger partial charge >= 0.3 is 0 Å². The summed E-state index contributed by atoms with van der Waals surface area (Å²) < 4.78 is 0. The molecule has 3 nitrogen and oxygen atoms in total. The largest absolute Gasteiger partial charge is 0.287 e. The van der Waals surface area contributed by atoms with E-state index in [-0.39, 0.29) is 11.3 Å². The van der Waals surface area contributed by atoms with E-state index in [1.54, 1.807) is 11.0 Å².